The third-order valence-corrected chi connectivity index (χ3v) is 5.25. The average molecular weight is 365 g/mol. The highest BCUT2D eigenvalue weighted by Crippen LogP contribution is 2.32. The summed E-state index contributed by atoms with van der Waals surface area (Å²) in [5.74, 6) is 0.830. The van der Waals surface area contributed by atoms with Crippen molar-refractivity contribution in [1.82, 2.24) is 0 Å². The van der Waals surface area contributed by atoms with Crippen LogP contribution in [0, 0.1) is 17.7 Å². The van der Waals surface area contributed by atoms with Crippen molar-refractivity contribution < 1.29 is 9.18 Å². The van der Waals surface area contributed by atoms with E-state index in [0.717, 1.165) is 18.8 Å². The molecular formula is C22H24FN3O. The number of carbonyl (C=O) groups is 1. The average Bonchev–Trinajstić information content (AvgIpc) is 2.94. The molecule has 2 aromatic carbocycles. The van der Waals surface area contributed by atoms with E-state index in [-0.39, 0.29) is 11.7 Å². The van der Waals surface area contributed by atoms with Crippen LogP contribution in [-0.2, 0) is 4.79 Å². The highest BCUT2D eigenvalue weighted by Gasteiger charge is 2.24. The first-order chi connectivity index (χ1) is 13.0. The number of nitrogens with zero attached hydrogens (tertiary/aromatic N) is 1. The molecule has 0 bridgehead atoms. The van der Waals surface area contributed by atoms with Gasteiger partial charge in [-0.05, 0) is 60.7 Å². The van der Waals surface area contributed by atoms with Crippen molar-refractivity contribution in [2.75, 3.05) is 28.6 Å². The molecule has 1 amide bonds. The maximum Gasteiger partial charge on any atom is 0.257 e. The van der Waals surface area contributed by atoms with Crippen molar-refractivity contribution in [2.45, 2.75) is 20.3 Å². The van der Waals surface area contributed by atoms with E-state index in [1.165, 1.54) is 24.2 Å². The zero-order valence-corrected chi connectivity index (χ0v) is 15.6. The molecular weight excluding hydrogens is 341 g/mol. The normalized spacial score (nSPS) is 23.3. The van der Waals surface area contributed by atoms with Gasteiger partial charge in [-0.15, -0.1) is 0 Å². The Balaban J connectivity index is 1.49. The number of piperidine rings is 1. The third kappa shape index (κ3) is 3.68. The lowest BCUT2D eigenvalue weighted by molar-refractivity contribution is -0.110. The second-order valence-corrected chi connectivity index (χ2v) is 7.74. The number of halogens is 1. The van der Waals surface area contributed by atoms with Gasteiger partial charge in [0.15, 0.2) is 0 Å². The molecule has 2 heterocycles. The molecule has 4 rings (SSSR count). The highest BCUT2D eigenvalue weighted by molar-refractivity contribution is 6.31. The van der Waals surface area contributed by atoms with Gasteiger partial charge in [-0.3, -0.25) is 4.79 Å². The van der Waals surface area contributed by atoms with Gasteiger partial charge in [0.25, 0.3) is 5.91 Å². The van der Waals surface area contributed by atoms with Gasteiger partial charge in [0, 0.05) is 41.9 Å². The summed E-state index contributed by atoms with van der Waals surface area (Å²) in [7, 11) is 0. The summed E-state index contributed by atoms with van der Waals surface area (Å²) < 4.78 is 13.5. The van der Waals surface area contributed by atoms with E-state index in [1.54, 1.807) is 12.3 Å². The molecule has 2 unspecified atom stereocenters. The Morgan fingerprint density at radius 2 is 1.81 bits per heavy atom. The van der Waals surface area contributed by atoms with Crippen molar-refractivity contribution in [3.8, 4) is 0 Å². The molecule has 1 saturated heterocycles. The van der Waals surface area contributed by atoms with E-state index in [0.29, 0.717) is 28.7 Å². The maximum atomic E-state index is 13.5. The summed E-state index contributed by atoms with van der Waals surface area (Å²) in [6, 6.07) is 12.5. The monoisotopic (exact) mass is 365 g/mol. The molecule has 2 N–H and O–H groups in total. The zero-order valence-electron chi connectivity index (χ0n) is 15.6. The topological polar surface area (TPSA) is 44.4 Å². The molecule has 2 aromatic rings. The number of hydrogen-bond donors (Lipinski definition) is 2. The molecule has 140 valence electrons. The van der Waals surface area contributed by atoms with E-state index in [9.17, 15) is 9.18 Å². The van der Waals surface area contributed by atoms with Gasteiger partial charge in [0.2, 0.25) is 0 Å². The molecule has 2 aliphatic rings. The predicted octanol–water partition coefficient (Wildman–Crippen LogP) is 4.71. The fourth-order valence-electron chi connectivity index (χ4n) is 4.10. The van der Waals surface area contributed by atoms with Crippen LogP contribution in [0.5, 0.6) is 0 Å². The van der Waals surface area contributed by atoms with Gasteiger partial charge in [-0.1, -0.05) is 13.8 Å². The van der Waals surface area contributed by atoms with E-state index >= 15 is 0 Å². The molecule has 2 aliphatic heterocycles. The van der Waals surface area contributed by atoms with Crippen LogP contribution < -0.4 is 15.5 Å². The highest BCUT2D eigenvalue weighted by atomic mass is 19.1. The van der Waals surface area contributed by atoms with Crippen molar-refractivity contribution in [2.24, 2.45) is 11.8 Å². The summed E-state index contributed by atoms with van der Waals surface area (Å²) in [6.45, 7) is 6.78. The summed E-state index contributed by atoms with van der Waals surface area (Å²) in [6.07, 6.45) is 2.93. The number of rotatable bonds is 3. The van der Waals surface area contributed by atoms with Crippen molar-refractivity contribution in [1.29, 1.82) is 0 Å². The van der Waals surface area contributed by atoms with Gasteiger partial charge in [-0.25, -0.2) is 4.39 Å². The number of benzene rings is 2. The molecule has 0 aromatic heterocycles. The number of nitrogens with one attached hydrogen (secondary N) is 2. The van der Waals surface area contributed by atoms with Crippen molar-refractivity contribution in [3.05, 3.63) is 60.0 Å². The molecule has 0 spiro atoms. The number of hydrogen-bond acceptors (Lipinski definition) is 3. The maximum absolute atomic E-state index is 13.5. The number of anilines is 3. The van der Waals surface area contributed by atoms with Crippen LogP contribution in [0.4, 0.5) is 21.5 Å². The first-order valence-corrected chi connectivity index (χ1v) is 9.42. The minimum atomic E-state index is -0.356. The summed E-state index contributed by atoms with van der Waals surface area (Å²) in [5.41, 5.74) is 3.77. The van der Waals surface area contributed by atoms with E-state index in [2.05, 4.69) is 41.5 Å². The zero-order chi connectivity index (χ0) is 19.0. The second-order valence-electron chi connectivity index (χ2n) is 7.74. The molecule has 2 atom stereocenters. The molecule has 27 heavy (non-hydrogen) atoms. The molecule has 1 fully saturated rings. The van der Waals surface area contributed by atoms with Gasteiger partial charge >= 0.3 is 0 Å². The van der Waals surface area contributed by atoms with Gasteiger partial charge in [0.05, 0.1) is 5.57 Å². The Labute approximate surface area is 159 Å². The fraction of sp³-hybridized carbons (Fsp3) is 0.318. The van der Waals surface area contributed by atoms with E-state index < -0.39 is 0 Å². The van der Waals surface area contributed by atoms with E-state index in [4.69, 9.17) is 0 Å². The summed E-state index contributed by atoms with van der Waals surface area (Å²) in [4.78, 5) is 14.6. The van der Waals surface area contributed by atoms with Gasteiger partial charge in [-0.2, -0.15) is 0 Å². The van der Waals surface area contributed by atoms with Gasteiger partial charge < -0.3 is 15.5 Å². The fourth-order valence-corrected chi connectivity index (χ4v) is 4.10. The Hall–Kier alpha value is -2.82. The van der Waals surface area contributed by atoms with Crippen molar-refractivity contribution >= 4 is 28.5 Å². The van der Waals surface area contributed by atoms with Crippen LogP contribution in [0.15, 0.2) is 48.7 Å². The van der Waals surface area contributed by atoms with Crippen LogP contribution in [0.1, 0.15) is 25.8 Å². The smallest absolute Gasteiger partial charge is 0.257 e. The summed E-state index contributed by atoms with van der Waals surface area (Å²) in [5, 5.41) is 5.91. The standard InChI is InChI=1S/C22H24FN3O/c1-14-9-15(2)13-26(12-14)18-6-4-17(5-7-18)24-11-20-19-10-16(23)3-8-21(19)25-22(20)27/h3-8,10-11,14-15,24H,9,12-13H2,1-2H3,(H,25,27)/b20-11+. The Morgan fingerprint density at radius 1 is 1.11 bits per heavy atom. The lowest BCUT2D eigenvalue weighted by Crippen LogP contribution is -2.38. The van der Waals surface area contributed by atoms with E-state index in [1.807, 2.05) is 12.1 Å². The first kappa shape index (κ1) is 17.6. The molecule has 0 aliphatic carbocycles. The van der Waals surface area contributed by atoms with Gasteiger partial charge in [0.1, 0.15) is 5.82 Å². The van der Waals surface area contributed by atoms with Crippen LogP contribution >= 0.6 is 0 Å². The predicted molar refractivity (Wildman–Crippen MR) is 108 cm³/mol. The molecule has 5 heteroatoms. The number of amides is 1. The Bertz CT molecular complexity index is 881. The van der Waals surface area contributed by atoms with Crippen LogP contribution in [0.2, 0.25) is 0 Å². The lowest BCUT2D eigenvalue weighted by atomic mass is 9.91. The summed E-state index contributed by atoms with van der Waals surface area (Å²) >= 11 is 0. The van der Waals surface area contributed by atoms with Crippen LogP contribution in [0.3, 0.4) is 0 Å². The molecule has 0 saturated carbocycles. The number of fused-ring (bicyclic) bond motifs is 1. The first-order valence-electron chi connectivity index (χ1n) is 9.42. The Morgan fingerprint density at radius 3 is 2.52 bits per heavy atom. The SMILES string of the molecule is CC1CC(C)CN(c2ccc(N/C=C3/C(=O)Nc4ccc(F)cc43)cc2)C1. The molecule has 0 radical (unpaired) electrons. The molecule has 4 nitrogen and oxygen atoms in total. The second kappa shape index (κ2) is 7.06. The van der Waals surface area contributed by atoms with Crippen LogP contribution in [0.25, 0.3) is 5.57 Å². The van der Waals surface area contributed by atoms with Crippen LogP contribution in [-0.4, -0.2) is 19.0 Å². The van der Waals surface area contributed by atoms with Crippen molar-refractivity contribution in [3.63, 3.8) is 0 Å². The third-order valence-electron chi connectivity index (χ3n) is 5.25. The lowest BCUT2D eigenvalue weighted by Gasteiger charge is -2.36. The minimum absolute atomic E-state index is 0.226. The largest absolute Gasteiger partial charge is 0.371 e. The Kier molecular flexibility index (Phi) is 4.60. The minimum Gasteiger partial charge on any atom is -0.371 e. The quantitative estimate of drug-likeness (QED) is 0.774. The number of carbonyl (C=O) groups excluding carboxylic acids is 1.